The first-order chi connectivity index (χ1) is 8.34. The van der Waals surface area contributed by atoms with Crippen LogP contribution < -0.4 is 10.1 Å². The molecule has 1 aromatic carbocycles. The zero-order chi connectivity index (χ0) is 11.7. The summed E-state index contributed by atoms with van der Waals surface area (Å²) in [6.07, 6.45) is 4.33. The largest absolute Gasteiger partial charge is 0.490 e. The Balaban J connectivity index is 1.81. The van der Waals surface area contributed by atoms with E-state index < -0.39 is 0 Å². The number of rotatable bonds is 3. The lowest BCUT2D eigenvalue weighted by atomic mass is 10.2. The predicted molar refractivity (Wildman–Crippen MR) is 67.2 cm³/mol. The smallest absolute Gasteiger partial charge is 0.145 e. The molecular formula is C13H17N3O. The van der Waals surface area contributed by atoms with Gasteiger partial charge in [0, 0.05) is 18.5 Å². The van der Waals surface area contributed by atoms with Crippen molar-refractivity contribution < 1.29 is 4.74 Å². The van der Waals surface area contributed by atoms with E-state index in [4.69, 9.17) is 4.74 Å². The molecule has 0 aliphatic carbocycles. The third-order valence-corrected chi connectivity index (χ3v) is 3.33. The summed E-state index contributed by atoms with van der Waals surface area (Å²) in [4.78, 5) is 0. The zero-order valence-electron chi connectivity index (χ0n) is 10.0. The molecule has 1 N–H and O–H groups in total. The van der Waals surface area contributed by atoms with Gasteiger partial charge in [0.05, 0.1) is 6.20 Å². The molecule has 17 heavy (non-hydrogen) atoms. The van der Waals surface area contributed by atoms with Gasteiger partial charge in [-0.3, -0.25) is 4.68 Å². The van der Waals surface area contributed by atoms with Crippen molar-refractivity contribution in [3.63, 3.8) is 0 Å². The third kappa shape index (κ3) is 2.00. The molecule has 2 heterocycles. The number of para-hydroxylation sites is 1. The number of benzene rings is 1. The third-order valence-electron chi connectivity index (χ3n) is 3.33. The molecular weight excluding hydrogens is 214 g/mol. The number of nitrogens with one attached hydrogen (secondary N) is 1. The van der Waals surface area contributed by atoms with Crippen molar-refractivity contribution in [3.05, 3.63) is 24.4 Å². The molecule has 0 spiro atoms. The van der Waals surface area contributed by atoms with Crippen molar-refractivity contribution >= 4 is 10.9 Å². The van der Waals surface area contributed by atoms with E-state index in [1.54, 1.807) is 0 Å². The van der Waals surface area contributed by atoms with Crippen LogP contribution in [0.4, 0.5) is 0 Å². The minimum Gasteiger partial charge on any atom is -0.490 e. The van der Waals surface area contributed by atoms with Gasteiger partial charge in [0.15, 0.2) is 0 Å². The van der Waals surface area contributed by atoms with Gasteiger partial charge in [-0.25, -0.2) is 0 Å². The van der Waals surface area contributed by atoms with Gasteiger partial charge < -0.3 is 10.1 Å². The van der Waals surface area contributed by atoms with Gasteiger partial charge >= 0.3 is 0 Å². The van der Waals surface area contributed by atoms with Gasteiger partial charge in [-0.2, -0.15) is 5.10 Å². The summed E-state index contributed by atoms with van der Waals surface area (Å²) >= 11 is 0. The maximum Gasteiger partial charge on any atom is 0.145 e. The number of hydrogen-bond acceptors (Lipinski definition) is 3. The Morgan fingerprint density at radius 3 is 3.29 bits per heavy atom. The number of hydrogen-bond donors (Lipinski definition) is 1. The zero-order valence-corrected chi connectivity index (χ0v) is 10.0. The van der Waals surface area contributed by atoms with E-state index in [1.165, 1.54) is 12.8 Å². The summed E-state index contributed by atoms with van der Waals surface area (Å²) in [5.74, 6) is 0.927. The van der Waals surface area contributed by atoms with Crippen molar-refractivity contribution in [3.8, 4) is 5.75 Å². The van der Waals surface area contributed by atoms with Gasteiger partial charge in [0.2, 0.25) is 0 Å². The van der Waals surface area contributed by atoms with Gasteiger partial charge in [-0.05, 0) is 25.5 Å². The molecule has 0 saturated carbocycles. The van der Waals surface area contributed by atoms with E-state index in [0.29, 0.717) is 6.04 Å². The van der Waals surface area contributed by atoms with E-state index >= 15 is 0 Å². The molecule has 1 unspecified atom stereocenters. The second-order valence-electron chi connectivity index (χ2n) is 4.57. The van der Waals surface area contributed by atoms with E-state index in [9.17, 15) is 0 Å². The summed E-state index contributed by atoms with van der Waals surface area (Å²) in [6, 6.07) is 6.59. The average Bonchev–Trinajstić information content (AvgIpc) is 2.97. The van der Waals surface area contributed by atoms with Crippen LogP contribution in [0.2, 0.25) is 0 Å². The number of nitrogens with zero attached hydrogens (tertiary/aromatic N) is 2. The second kappa shape index (κ2) is 4.37. The molecule has 1 aliphatic rings. The fraction of sp³-hybridized carbons (Fsp3) is 0.462. The maximum atomic E-state index is 5.92. The minimum absolute atomic E-state index is 0.499. The lowest BCUT2D eigenvalue weighted by molar-refractivity contribution is 0.279. The standard InChI is InChI=1S/C13H17N3O/c1-16-13-10(8-15-16)4-2-6-12(13)17-9-11-5-3-7-14-11/h2,4,6,8,11,14H,3,5,7,9H2,1H3. The van der Waals surface area contributed by atoms with Crippen LogP contribution in [0.25, 0.3) is 10.9 Å². The Morgan fingerprint density at radius 2 is 2.47 bits per heavy atom. The Morgan fingerprint density at radius 1 is 1.53 bits per heavy atom. The molecule has 1 aliphatic heterocycles. The summed E-state index contributed by atoms with van der Waals surface area (Å²) < 4.78 is 7.79. The molecule has 90 valence electrons. The molecule has 0 radical (unpaired) electrons. The second-order valence-corrected chi connectivity index (χ2v) is 4.57. The molecule has 3 rings (SSSR count). The Bertz CT molecular complexity index is 514. The van der Waals surface area contributed by atoms with Crippen LogP contribution in [-0.4, -0.2) is 29.0 Å². The number of fused-ring (bicyclic) bond motifs is 1. The molecule has 4 nitrogen and oxygen atoms in total. The topological polar surface area (TPSA) is 39.1 Å². The molecule has 1 saturated heterocycles. The molecule has 4 heteroatoms. The van der Waals surface area contributed by atoms with E-state index in [-0.39, 0.29) is 0 Å². The lowest BCUT2D eigenvalue weighted by Crippen LogP contribution is -2.28. The number of aryl methyl sites for hydroxylation is 1. The van der Waals surface area contributed by atoms with Crippen molar-refractivity contribution in [1.29, 1.82) is 0 Å². The lowest BCUT2D eigenvalue weighted by Gasteiger charge is -2.13. The van der Waals surface area contributed by atoms with Crippen molar-refractivity contribution in [2.24, 2.45) is 7.05 Å². The molecule has 0 bridgehead atoms. The van der Waals surface area contributed by atoms with Crippen LogP contribution >= 0.6 is 0 Å². The Kier molecular flexibility index (Phi) is 2.73. The van der Waals surface area contributed by atoms with E-state index in [0.717, 1.165) is 29.8 Å². The summed E-state index contributed by atoms with van der Waals surface area (Å²) in [6.45, 7) is 1.86. The summed E-state index contributed by atoms with van der Waals surface area (Å²) in [5, 5.41) is 8.82. The van der Waals surface area contributed by atoms with Crippen molar-refractivity contribution in [2.75, 3.05) is 13.2 Å². The van der Waals surface area contributed by atoms with Crippen LogP contribution in [0.1, 0.15) is 12.8 Å². The van der Waals surface area contributed by atoms with Crippen LogP contribution in [0, 0.1) is 0 Å². The van der Waals surface area contributed by atoms with Crippen LogP contribution in [-0.2, 0) is 7.05 Å². The van der Waals surface area contributed by atoms with Gasteiger partial charge in [-0.1, -0.05) is 12.1 Å². The van der Waals surface area contributed by atoms with E-state index in [1.807, 2.05) is 30.1 Å². The van der Waals surface area contributed by atoms with Crippen molar-refractivity contribution in [1.82, 2.24) is 15.1 Å². The first-order valence-corrected chi connectivity index (χ1v) is 6.11. The fourth-order valence-electron chi connectivity index (χ4n) is 2.40. The van der Waals surface area contributed by atoms with E-state index in [2.05, 4.69) is 16.5 Å². The monoisotopic (exact) mass is 231 g/mol. The van der Waals surface area contributed by atoms with Crippen LogP contribution in [0.3, 0.4) is 0 Å². The SMILES string of the molecule is Cn1ncc2cccc(OCC3CCCN3)c21. The Hall–Kier alpha value is -1.55. The van der Waals surface area contributed by atoms with Crippen molar-refractivity contribution in [2.45, 2.75) is 18.9 Å². The predicted octanol–water partition coefficient (Wildman–Crippen LogP) is 1.70. The highest BCUT2D eigenvalue weighted by atomic mass is 16.5. The van der Waals surface area contributed by atoms with Crippen LogP contribution in [0.15, 0.2) is 24.4 Å². The highest BCUT2D eigenvalue weighted by Gasteiger charge is 2.15. The maximum absolute atomic E-state index is 5.92. The van der Waals surface area contributed by atoms with Gasteiger partial charge in [0.25, 0.3) is 0 Å². The van der Waals surface area contributed by atoms with Crippen LogP contribution in [0.5, 0.6) is 5.75 Å². The molecule has 2 aromatic rings. The highest BCUT2D eigenvalue weighted by Crippen LogP contribution is 2.25. The number of ether oxygens (including phenoxy) is 1. The first kappa shape index (κ1) is 10.6. The quantitative estimate of drug-likeness (QED) is 0.874. The average molecular weight is 231 g/mol. The van der Waals surface area contributed by atoms with Gasteiger partial charge in [-0.15, -0.1) is 0 Å². The highest BCUT2D eigenvalue weighted by molar-refractivity contribution is 5.84. The summed E-state index contributed by atoms with van der Waals surface area (Å²) in [7, 11) is 1.95. The van der Waals surface area contributed by atoms with Gasteiger partial charge in [0.1, 0.15) is 17.9 Å². The molecule has 1 fully saturated rings. The molecule has 1 aromatic heterocycles. The molecule has 1 atom stereocenters. The normalized spacial score (nSPS) is 19.9. The number of aromatic nitrogens is 2. The molecule has 0 amide bonds. The summed E-state index contributed by atoms with van der Waals surface area (Å²) in [5.41, 5.74) is 1.07. The minimum atomic E-state index is 0.499. The Labute approximate surface area is 101 Å². The first-order valence-electron chi connectivity index (χ1n) is 6.11. The fourth-order valence-corrected chi connectivity index (χ4v) is 2.40.